The monoisotopic (exact) mass is 249 g/mol. The molecule has 0 saturated heterocycles. The summed E-state index contributed by atoms with van der Waals surface area (Å²) in [5.41, 5.74) is 0.612. The largest absolute Gasteiger partial charge is 0.744 e. The molecule has 0 atom stereocenters. The number of benzene rings is 2. The van der Waals surface area contributed by atoms with Gasteiger partial charge in [-0.2, -0.15) is 0 Å². The zero-order chi connectivity index (χ0) is 12.5. The smallest absolute Gasteiger partial charge is 0.125 e. The Kier molecular flexibility index (Phi) is 3.17. The summed E-state index contributed by atoms with van der Waals surface area (Å²) in [4.78, 5) is -0.0579. The van der Waals surface area contributed by atoms with Crippen LogP contribution in [-0.2, 0) is 16.5 Å². The van der Waals surface area contributed by atoms with Gasteiger partial charge in [0, 0.05) is 0 Å². The molecular weight excluding hydrogens is 236 g/mol. The lowest BCUT2D eigenvalue weighted by Crippen LogP contribution is -2.04. The third-order valence-corrected chi connectivity index (χ3v) is 3.71. The summed E-state index contributed by atoms with van der Waals surface area (Å²) in [5.74, 6) is 0. The predicted octanol–water partition coefficient (Wildman–Crippen LogP) is 2.70. The average molecular weight is 249 g/mol. The third kappa shape index (κ3) is 2.33. The van der Waals surface area contributed by atoms with Crippen molar-refractivity contribution < 1.29 is 13.0 Å². The van der Waals surface area contributed by atoms with E-state index in [1.807, 2.05) is 19.1 Å². The van der Waals surface area contributed by atoms with Crippen LogP contribution in [-0.4, -0.2) is 13.0 Å². The molecule has 0 saturated carbocycles. The molecule has 0 bridgehead atoms. The molecule has 0 unspecified atom stereocenters. The van der Waals surface area contributed by atoms with Crippen molar-refractivity contribution in [1.29, 1.82) is 0 Å². The second-order valence-corrected chi connectivity index (χ2v) is 5.30. The van der Waals surface area contributed by atoms with E-state index in [1.54, 1.807) is 24.3 Å². The first-order valence-corrected chi connectivity index (χ1v) is 6.91. The van der Waals surface area contributed by atoms with Crippen LogP contribution >= 0.6 is 0 Å². The van der Waals surface area contributed by atoms with Crippen molar-refractivity contribution in [3.8, 4) is 0 Å². The molecule has 2 rings (SSSR count). The molecule has 0 aliphatic rings. The van der Waals surface area contributed by atoms with Gasteiger partial charge in [-0.25, -0.2) is 8.42 Å². The van der Waals surface area contributed by atoms with Crippen LogP contribution in [0.2, 0.25) is 0 Å². The Bertz CT molecular complexity index is 645. The second kappa shape index (κ2) is 4.47. The normalized spacial score (nSPS) is 11.9. The van der Waals surface area contributed by atoms with Gasteiger partial charge in [0.2, 0.25) is 0 Å². The Morgan fingerprint density at radius 1 is 1.12 bits per heavy atom. The SMILES string of the molecule is CCCc1ccc2ccccc2c1S(=O)(=O)[O-]. The van der Waals surface area contributed by atoms with Crippen molar-refractivity contribution in [2.75, 3.05) is 0 Å². The van der Waals surface area contributed by atoms with Crippen LogP contribution in [0.3, 0.4) is 0 Å². The van der Waals surface area contributed by atoms with Crippen LogP contribution in [0.25, 0.3) is 10.8 Å². The molecule has 90 valence electrons. The predicted molar refractivity (Wildman–Crippen MR) is 65.9 cm³/mol. The highest BCUT2D eigenvalue weighted by molar-refractivity contribution is 7.86. The highest BCUT2D eigenvalue weighted by Gasteiger charge is 2.12. The van der Waals surface area contributed by atoms with E-state index in [0.29, 0.717) is 17.4 Å². The van der Waals surface area contributed by atoms with Crippen LogP contribution in [0.5, 0.6) is 0 Å². The van der Waals surface area contributed by atoms with Crippen molar-refractivity contribution in [2.45, 2.75) is 24.7 Å². The number of hydrogen-bond donors (Lipinski definition) is 0. The first-order valence-electron chi connectivity index (χ1n) is 5.50. The fourth-order valence-electron chi connectivity index (χ4n) is 2.05. The fourth-order valence-corrected chi connectivity index (χ4v) is 3.00. The Morgan fingerprint density at radius 2 is 1.82 bits per heavy atom. The Labute approximate surface area is 101 Å². The zero-order valence-corrected chi connectivity index (χ0v) is 10.3. The van der Waals surface area contributed by atoms with Gasteiger partial charge in [0.1, 0.15) is 10.1 Å². The van der Waals surface area contributed by atoms with Gasteiger partial charge in [0.05, 0.1) is 4.90 Å². The van der Waals surface area contributed by atoms with E-state index in [0.717, 1.165) is 11.8 Å². The van der Waals surface area contributed by atoms with Crippen LogP contribution in [0, 0.1) is 0 Å². The summed E-state index contributed by atoms with van der Waals surface area (Å²) < 4.78 is 34.2. The molecule has 0 spiro atoms. The summed E-state index contributed by atoms with van der Waals surface area (Å²) in [7, 11) is -4.43. The summed E-state index contributed by atoms with van der Waals surface area (Å²) in [6.45, 7) is 1.95. The molecule has 17 heavy (non-hydrogen) atoms. The molecule has 0 fully saturated rings. The lowest BCUT2D eigenvalue weighted by Gasteiger charge is -2.15. The van der Waals surface area contributed by atoms with Gasteiger partial charge in [0.25, 0.3) is 0 Å². The van der Waals surface area contributed by atoms with Crippen LogP contribution < -0.4 is 0 Å². The van der Waals surface area contributed by atoms with E-state index in [1.165, 1.54) is 0 Å². The highest BCUT2D eigenvalue weighted by atomic mass is 32.2. The molecule has 0 heterocycles. The van der Waals surface area contributed by atoms with Gasteiger partial charge >= 0.3 is 0 Å². The van der Waals surface area contributed by atoms with E-state index >= 15 is 0 Å². The number of hydrogen-bond acceptors (Lipinski definition) is 3. The van der Waals surface area contributed by atoms with Gasteiger partial charge in [-0.05, 0) is 22.8 Å². The van der Waals surface area contributed by atoms with Crippen molar-refractivity contribution >= 4 is 20.9 Å². The zero-order valence-electron chi connectivity index (χ0n) is 9.51. The van der Waals surface area contributed by atoms with E-state index in [-0.39, 0.29) is 4.90 Å². The number of aryl methyl sites for hydroxylation is 1. The Balaban J connectivity index is 2.85. The molecule has 0 radical (unpaired) electrons. The van der Waals surface area contributed by atoms with E-state index in [2.05, 4.69) is 0 Å². The van der Waals surface area contributed by atoms with Gasteiger partial charge in [0.15, 0.2) is 0 Å². The van der Waals surface area contributed by atoms with Crippen LogP contribution in [0.4, 0.5) is 0 Å². The third-order valence-electron chi connectivity index (χ3n) is 2.73. The molecule has 2 aromatic carbocycles. The summed E-state index contributed by atoms with van der Waals surface area (Å²) >= 11 is 0. The lowest BCUT2D eigenvalue weighted by atomic mass is 10.0. The van der Waals surface area contributed by atoms with E-state index < -0.39 is 10.1 Å². The molecule has 0 aliphatic heterocycles. The molecule has 0 N–H and O–H groups in total. The molecular formula is C13H13O3S-. The molecule has 3 nitrogen and oxygen atoms in total. The maximum Gasteiger partial charge on any atom is 0.125 e. The number of rotatable bonds is 3. The van der Waals surface area contributed by atoms with Gasteiger partial charge in [-0.1, -0.05) is 49.7 Å². The highest BCUT2D eigenvalue weighted by Crippen LogP contribution is 2.27. The summed E-state index contributed by atoms with van der Waals surface area (Å²) in [5, 5.41) is 1.30. The maximum atomic E-state index is 11.4. The summed E-state index contributed by atoms with van der Waals surface area (Å²) in [6, 6.07) is 10.6. The number of fused-ring (bicyclic) bond motifs is 1. The van der Waals surface area contributed by atoms with E-state index in [9.17, 15) is 13.0 Å². The minimum absolute atomic E-state index is 0.0579. The topological polar surface area (TPSA) is 57.2 Å². The van der Waals surface area contributed by atoms with Crippen molar-refractivity contribution in [2.24, 2.45) is 0 Å². The first-order chi connectivity index (χ1) is 8.04. The molecule has 0 aliphatic carbocycles. The molecule has 4 heteroatoms. The Hall–Kier alpha value is -1.39. The van der Waals surface area contributed by atoms with Crippen molar-refractivity contribution in [3.63, 3.8) is 0 Å². The standard InChI is InChI=1S/C13H14O3S/c1-2-5-11-9-8-10-6-3-4-7-12(10)13(11)17(14,15)16/h3-4,6-9H,2,5H2,1H3,(H,14,15,16)/p-1. The van der Waals surface area contributed by atoms with E-state index in [4.69, 9.17) is 0 Å². The molecule has 0 amide bonds. The van der Waals surface area contributed by atoms with Crippen LogP contribution in [0.1, 0.15) is 18.9 Å². The minimum atomic E-state index is -4.43. The maximum absolute atomic E-state index is 11.4. The second-order valence-electron chi connectivity index (χ2n) is 3.98. The molecule has 2 aromatic rings. The molecule has 0 aromatic heterocycles. The van der Waals surface area contributed by atoms with Gasteiger partial charge < -0.3 is 4.55 Å². The van der Waals surface area contributed by atoms with Gasteiger partial charge in [-0.15, -0.1) is 0 Å². The summed E-state index contributed by atoms with van der Waals surface area (Å²) in [6.07, 6.45) is 1.41. The lowest BCUT2D eigenvalue weighted by molar-refractivity contribution is 0.463. The van der Waals surface area contributed by atoms with Gasteiger partial charge in [-0.3, -0.25) is 0 Å². The Morgan fingerprint density at radius 3 is 2.47 bits per heavy atom. The van der Waals surface area contributed by atoms with Crippen LogP contribution in [0.15, 0.2) is 41.3 Å². The average Bonchev–Trinajstić information content (AvgIpc) is 2.27. The van der Waals surface area contributed by atoms with Crippen molar-refractivity contribution in [3.05, 3.63) is 42.0 Å². The fraction of sp³-hybridized carbons (Fsp3) is 0.231. The first kappa shape index (κ1) is 12.1. The minimum Gasteiger partial charge on any atom is -0.744 e. The quantitative estimate of drug-likeness (QED) is 0.786. The van der Waals surface area contributed by atoms with Crippen molar-refractivity contribution in [1.82, 2.24) is 0 Å².